The summed E-state index contributed by atoms with van der Waals surface area (Å²) < 4.78 is 79.5. The fourth-order valence-electron chi connectivity index (χ4n) is 2.30. The zero-order valence-corrected chi connectivity index (χ0v) is 14.9. The average molecular weight is 428 g/mol. The van der Waals surface area contributed by atoms with Crippen LogP contribution < -0.4 is 10.1 Å². The van der Waals surface area contributed by atoms with Crippen molar-refractivity contribution in [3.05, 3.63) is 70.1 Å². The minimum absolute atomic E-state index is 0.163. The van der Waals surface area contributed by atoms with Crippen LogP contribution >= 0.6 is 11.3 Å². The Kier molecular flexibility index (Phi) is 4.52. The van der Waals surface area contributed by atoms with Gasteiger partial charge >= 0.3 is 12.3 Å². The van der Waals surface area contributed by atoms with Crippen LogP contribution in [0.5, 0.6) is 5.75 Å². The predicted molar refractivity (Wildman–Crippen MR) is 97.8 cm³/mol. The van der Waals surface area contributed by atoms with Gasteiger partial charge in [-0.25, -0.2) is 9.18 Å². The van der Waals surface area contributed by atoms with Crippen LogP contribution in [0, 0.1) is 5.82 Å². The number of nitrogens with one attached hydrogen (secondary N) is 1. The quantitative estimate of drug-likeness (QED) is 0.534. The van der Waals surface area contributed by atoms with Gasteiger partial charge in [-0.2, -0.15) is 0 Å². The molecule has 0 aliphatic heterocycles. The number of hydrogen-bond acceptors (Lipinski definition) is 4. The molecule has 0 atom stereocenters. The van der Waals surface area contributed by atoms with Crippen LogP contribution in [-0.2, 0) is 0 Å². The number of hydrogen-bond donors (Lipinski definition) is 2. The zero-order valence-electron chi connectivity index (χ0n) is 17.1. The maximum Gasteiger partial charge on any atom is 0.573 e. The third-order valence-corrected chi connectivity index (χ3v) is 4.39. The topological polar surface area (TPSA) is 75.6 Å². The highest BCUT2D eigenvalue weighted by Crippen LogP contribution is 2.30. The molecule has 1 amide bonds. The fraction of sp³-hybridized carbons (Fsp3) is 0.0526. The van der Waals surface area contributed by atoms with Gasteiger partial charge in [0.1, 0.15) is 16.4 Å². The molecule has 10 heteroatoms. The molecule has 1 heterocycles. The molecule has 0 aliphatic carbocycles. The van der Waals surface area contributed by atoms with E-state index in [2.05, 4.69) is 10.1 Å². The van der Waals surface area contributed by atoms with Gasteiger partial charge in [-0.15, -0.1) is 24.5 Å². The number of benzene rings is 2. The molecule has 3 aromatic rings. The second kappa shape index (κ2) is 7.92. The molecule has 0 fully saturated rings. The first kappa shape index (κ1) is 16.5. The summed E-state index contributed by atoms with van der Waals surface area (Å²) in [4.78, 5) is 23.2. The van der Waals surface area contributed by atoms with E-state index in [0.29, 0.717) is 0 Å². The van der Waals surface area contributed by atoms with E-state index in [1.165, 1.54) is 11.4 Å². The van der Waals surface area contributed by atoms with E-state index in [-0.39, 0.29) is 21.7 Å². The number of carbonyl (C=O) groups is 2. The number of anilines is 1. The zero-order chi connectivity index (χ0) is 23.8. The van der Waals surface area contributed by atoms with Gasteiger partial charge in [-0.05, 0) is 46.8 Å². The Morgan fingerprint density at radius 1 is 1.17 bits per heavy atom. The van der Waals surface area contributed by atoms with Gasteiger partial charge in [-0.1, -0.05) is 18.2 Å². The lowest BCUT2D eigenvalue weighted by atomic mass is 10.0. The van der Waals surface area contributed by atoms with Crippen molar-refractivity contribution in [2.75, 3.05) is 5.32 Å². The number of thiophene rings is 1. The lowest BCUT2D eigenvalue weighted by molar-refractivity contribution is -0.274. The molecule has 2 aromatic carbocycles. The molecule has 0 aliphatic rings. The third-order valence-electron chi connectivity index (χ3n) is 3.49. The third kappa shape index (κ3) is 4.91. The molecule has 2 N–H and O–H groups in total. The van der Waals surface area contributed by atoms with E-state index in [0.717, 1.165) is 35.6 Å². The number of carbonyl (C=O) groups excluding carboxylic acids is 1. The average Bonchev–Trinajstić information content (AvgIpc) is 3.17. The first-order valence-electron chi connectivity index (χ1n) is 9.17. The highest BCUT2D eigenvalue weighted by Gasteiger charge is 2.31. The number of ether oxygens (including phenoxy) is 1. The standard InChI is InChI=1S/C19H11F4NO4S/c20-14-9-11(10-2-1-3-12(8-10)28-19(21,22)23)4-5-15(14)24-17(25)13-6-7-29-16(13)18(26)27/h1-9H,(H,24,25)(H,26,27)/i2D,3D,8D. The van der Waals surface area contributed by atoms with E-state index < -0.39 is 53.5 Å². The Morgan fingerprint density at radius 3 is 2.59 bits per heavy atom. The summed E-state index contributed by atoms with van der Waals surface area (Å²) in [5, 5.41) is 12.7. The number of aromatic carboxylic acids is 1. The molecule has 0 unspecified atom stereocenters. The summed E-state index contributed by atoms with van der Waals surface area (Å²) in [6.07, 6.45) is -5.18. The molecule has 0 radical (unpaired) electrons. The second-order valence-electron chi connectivity index (χ2n) is 5.43. The van der Waals surface area contributed by atoms with Crippen molar-refractivity contribution in [1.29, 1.82) is 0 Å². The second-order valence-corrected chi connectivity index (χ2v) is 6.34. The monoisotopic (exact) mass is 428 g/mol. The number of halogens is 4. The molecule has 0 saturated heterocycles. The van der Waals surface area contributed by atoms with Crippen molar-refractivity contribution >= 4 is 28.9 Å². The van der Waals surface area contributed by atoms with Crippen LogP contribution in [-0.4, -0.2) is 23.3 Å². The van der Waals surface area contributed by atoms with Crippen molar-refractivity contribution in [2.24, 2.45) is 0 Å². The van der Waals surface area contributed by atoms with Gasteiger partial charge in [0.25, 0.3) is 5.91 Å². The Morgan fingerprint density at radius 2 is 1.93 bits per heavy atom. The number of rotatable bonds is 5. The molecule has 1 aromatic heterocycles. The number of amides is 1. The van der Waals surface area contributed by atoms with E-state index in [1.807, 2.05) is 0 Å². The minimum atomic E-state index is -5.18. The van der Waals surface area contributed by atoms with Gasteiger partial charge in [0, 0.05) is 0 Å². The molecule has 0 bridgehead atoms. The Labute approximate surface area is 169 Å². The van der Waals surface area contributed by atoms with Crippen molar-refractivity contribution in [3.63, 3.8) is 0 Å². The molecule has 3 rings (SSSR count). The highest BCUT2D eigenvalue weighted by atomic mass is 32.1. The maximum atomic E-state index is 14.6. The highest BCUT2D eigenvalue weighted by molar-refractivity contribution is 7.12. The van der Waals surface area contributed by atoms with Gasteiger partial charge in [0.15, 0.2) is 0 Å². The first-order chi connectivity index (χ1) is 14.9. The normalized spacial score (nSPS) is 12.6. The predicted octanol–water partition coefficient (Wildman–Crippen LogP) is 5.40. The smallest absolute Gasteiger partial charge is 0.477 e. The van der Waals surface area contributed by atoms with Gasteiger partial charge in [0.2, 0.25) is 0 Å². The van der Waals surface area contributed by atoms with E-state index in [4.69, 9.17) is 9.22 Å². The maximum absolute atomic E-state index is 14.6. The molecule has 29 heavy (non-hydrogen) atoms. The van der Waals surface area contributed by atoms with Crippen molar-refractivity contribution < 1.29 is 41.1 Å². The van der Waals surface area contributed by atoms with Crippen LogP contribution in [0.4, 0.5) is 23.2 Å². The van der Waals surface area contributed by atoms with Crippen LogP contribution in [0.2, 0.25) is 0 Å². The summed E-state index contributed by atoms with van der Waals surface area (Å²) in [6.45, 7) is 0. The van der Waals surface area contributed by atoms with Crippen molar-refractivity contribution in [2.45, 2.75) is 6.36 Å². The minimum Gasteiger partial charge on any atom is -0.477 e. The number of carboxylic acid groups (broad SMARTS) is 1. The molecule has 0 spiro atoms. The van der Waals surface area contributed by atoms with Crippen molar-refractivity contribution in [3.8, 4) is 16.9 Å². The van der Waals surface area contributed by atoms with Crippen LogP contribution in [0.3, 0.4) is 0 Å². The first-order valence-corrected chi connectivity index (χ1v) is 8.55. The van der Waals surface area contributed by atoms with Crippen LogP contribution in [0.1, 0.15) is 24.1 Å². The summed E-state index contributed by atoms with van der Waals surface area (Å²) in [7, 11) is 0. The summed E-state index contributed by atoms with van der Waals surface area (Å²) in [5.74, 6) is -4.41. The summed E-state index contributed by atoms with van der Waals surface area (Å²) in [6, 6.07) is 2.69. The van der Waals surface area contributed by atoms with E-state index >= 15 is 0 Å². The molecular weight excluding hydrogens is 414 g/mol. The summed E-state index contributed by atoms with van der Waals surface area (Å²) >= 11 is 0.807. The van der Waals surface area contributed by atoms with E-state index in [1.54, 1.807) is 0 Å². The SMILES string of the molecule is [2H]c1cc([2H])c(-c2ccc(NC(=O)c3ccsc3C(=O)O)c(F)c2)c([2H])c1OC(F)(F)F. The Balaban J connectivity index is 1.96. The molecular formula is C19H11F4NO4S. The Bertz CT molecular complexity index is 1230. The van der Waals surface area contributed by atoms with E-state index in [9.17, 15) is 27.2 Å². The number of alkyl halides is 3. The fourth-order valence-corrected chi connectivity index (χ4v) is 3.03. The Hall–Kier alpha value is -3.40. The van der Waals surface area contributed by atoms with Gasteiger partial charge in [0.05, 0.1) is 15.4 Å². The molecule has 0 saturated carbocycles. The molecule has 5 nitrogen and oxygen atoms in total. The number of carboxylic acids is 1. The largest absolute Gasteiger partial charge is 0.573 e. The van der Waals surface area contributed by atoms with Gasteiger partial charge in [-0.3, -0.25) is 4.79 Å². The van der Waals surface area contributed by atoms with Gasteiger partial charge < -0.3 is 15.2 Å². The molecule has 150 valence electrons. The van der Waals surface area contributed by atoms with Crippen molar-refractivity contribution in [1.82, 2.24) is 0 Å². The summed E-state index contributed by atoms with van der Waals surface area (Å²) in [5.41, 5.74) is -1.12. The van der Waals surface area contributed by atoms with Crippen LogP contribution in [0.25, 0.3) is 11.1 Å². The lowest BCUT2D eigenvalue weighted by Gasteiger charge is -2.11. The lowest BCUT2D eigenvalue weighted by Crippen LogP contribution is -2.17. The van der Waals surface area contributed by atoms with Crippen LogP contribution in [0.15, 0.2) is 53.8 Å².